The molecule has 0 amide bonds. The van der Waals surface area contributed by atoms with Gasteiger partial charge in [0.05, 0.1) is 6.04 Å². The van der Waals surface area contributed by atoms with Crippen molar-refractivity contribution in [1.82, 2.24) is 5.43 Å². The number of hydrogen-bond donors (Lipinski definition) is 2. The van der Waals surface area contributed by atoms with Crippen LogP contribution in [0.5, 0.6) is 0 Å². The number of rotatable bonds is 4. The molecule has 3 N–H and O–H groups in total. The van der Waals surface area contributed by atoms with Gasteiger partial charge in [-0.15, -0.1) is 0 Å². The number of benzene rings is 2. The number of nitrogens with one attached hydrogen (secondary N) is 1. The van der Waals surface area contributed by atoms with Gasteiger partial charge in [-0.3, -0.25) is 11.3 Å². The highest BCUT2D eigenvalue weighted by Crippen LogP contribution is 2.26. The maximum absolute atomic E-state index is 13.9. The molecule has 2 nitrogen and oxygen atoms in total. The third-order valence-electron chi connectivity index (χ3n) is 2.97. The first-order valence-electron chi connectivity index (χ1n) is 5.86. The molecule has 0 spiro atoms. The highest BCUT2D eigenvalue weighted by atomic mass is 35.5. The smallest absolute Gasteiger partial charge is 0.129 e. The Morgan fingerprint density at radius 1 is 1.10 bits per heavy atom. The van der Waals surface area contributed by atoms with Crippen LogP contribution in [-0.2, 0) is 6.42 Å². The van der Waals surface area contributed by atoms with Crippen LogP contribution in [0.1, 0.15) is 17.2 Å². The Morgan fingerprint density at radius 2 is 1.85 bits per heavy atom. The van der Waals surface area contributed by atoms with E-state index in [0.29, 0.717) is 21.2 Å². The molecule has 2 aromatic rings. The molecular formula is C14H12Cl2F2N2. The molecule has 0 radical (unpaired) electrons. The Balaban J connectivity index is 2.31. The first kappa shape index (κ1) is 15.2. The highest BCUT2D eigenvalue weighted by Gasteiger charge is 2.17. The predicted octanol–water partition coefficient (Wildman–Crippen LogP) is 4.02. The predicted molar refractivity (Wildman–Crippen MR) is 76.6 cm³/mol. The summed E-state index contributed by atoms with van der Waals surface area (Å²) in [6.07, 6.45) is 0.256. The van der Waals surface area contributed by atoms with Gasteiger partial charge in [-0.05, 0) is 42.3 Å². The summed E-state index contributed by atoms with van der Waals surface area (Å²) in [5, 5.41) is 0.701. The lowest BCUT2D eigenvalue weighted by atomic mass is 9.99. The Hall–Kier alpha value is -1.20. The van der Waals surface area contributed by atoms with E-state index in [4.69, 9.17) is 29.0 Å². The van der Waals surface area contributed by atoms with E-state index in [0.717, 1.165) is 0 Å². The summed E-state index contributed by atoms with van der Waals surface area (Å²) in [6.45, 7) is 0. The average Bonchev–Trinajstić information content (AvgIpc) is 2.40. The molecule has 1 unspecified atom stereocenters. The number of halogens is 4. The quantitative estimate of drug-likeness (QED) is 0.660. The van der Waals surface area contributed by atoms with E-state index in [1.165, 1.54) is 30.3 Å². The van der Waals surface area contributed by atoms with Crippen molar-refractivity contribution in [2.45, 2.75) is 12.5 Å². The zero-order valence-electron chi connectivity index (χ0n) is 10.3. The third-order valence-corrected chi connectivity index (χ3v) is 3.57. The van der Waals surface area contributed by atoms with Crippen molar-refractivity contribution in [3.8, 4) is 0 Å². The zero-order chi connectivity index (χ0) is 14.7. The fraction of sp³-hybridized carbons (Fsp3) is 0.143. The van der Waals surface area contributed by atoms with Crippen molar-refractivity contribution in [2.75, 3.05) is 0 Å². The van der Waals surface area contributed by atoms with E-state index in [1.807, 2.05) is 0 Å². The molecule has 0 saturated carbocycles. The Kier molecular flexibility index (Phi) is 4.94. The molecule has 0 aromatic heterocycles. The van der Waals surface area contributed by atoms with Crippen LogP contribution in [0.2, 0.25) is 10.0 Å². The Morgan fingerprint density at radius 3 is 2.50 bits per heavy atom. The largest absolute Gasteiger partial charge is 0.271 e. The van der Waals surface area contributed by atoms with E-state index in [1.54, 1.807) is 6.07 Å². The molecule has 2 aromatic carbocycles. The second-order valence-electron chi connectivity index (χ2n) is 4.32. The summed E-state index contributed by atoms with van der Waals surface area (Å²) in [5.74, 6) is 4.58. The Bertz CT molecular complexity index is 620. The van der Waals surface area contributed by atoms with Gasteiger partial charge in [-0.2, -0.15) is 0 Å². The minimum atomic E-state index is -0.536. The first-order chi connectivity index (χ1) is 9.51. The first-order valence-corrected chi connectivity index (χ1v) is 6.62. The van der Waals surface area contributed by atoms with Crippen molar-refractivity contribution in [1.29, 1.82) is 0 Å². The fourth-order valence-corrected chi connectivity index (χ4v) is 2.32. The van der Waals surface area contributed by atoms with Crippen LogP contribution in [-0.4, -0.2) is 0 Å². The molecule has 1 atom stereocenters. The van der Waals surface area contributed by atoms with Crippen LogP contribution in [0.4, 0.5) is 8.78 Å². The topological polar surface area (TPSA) is 38.0 Å². The standard InChI is InChI=1S/C14H12Cl2F2N2/c15-9-1-3-11(13(18)7-9)14(20-19)6-8-5-10(17)2-4-12(8)16/h1-5,7,14,20H,6,19H2. The van der Waals surface area contributed by atoms with Crippen LogP contribution in [0.25, 0.3) is 0 Å². The van der Waals surface area contributed by atoms with Crippen LogP contribution in [0.3, 0.4) is 0 Å². The molecule has 2 rings (SSSR count). The van der Waals surface area contributed by atoms with E-state index in [2.05, 4.69) is 5.43 Å². The highest BCUT2D eigenvalue weighted by molar-refractivity contribution is 6.31. The van der Waals surface area contributed by atoms with Gasteiger partial charge < -0.3 is 0 Å². The van der Waals surface area contributed by atoms with Crippen molar-refractivity contribution in [3.63, 3.8) is 0 Å². The minimum absolute atomic E-state index is 0.256. The molecule has 6 heteroatoms. The molecule has 0 aliphatic heterocycles. The van der Waals surface area contributed by atoms with Crippen LogP contribution < -0.4 is 11.3 Å². The fourth-order valence-electron chi connectivity index (χ4n) is 1.96. The van der Waals surface area contributed by atoms with Crippen LogP contribution in [0.15, 0.2) is 36.4 Å². The van der Waals surface area contributed by atoms with E-state index in [-0.39, 0.29) is 6.42 Å². The number of nitrogens with two attached hydrogens (primary N) is 1. The maximum atomic E-state index is 13.9. The SMILES string of the molecule is NNC(Cc1cc(F)ccc1Cl)c1ccc(Cl)cc1F. The number of hydrazine groups is 1. The summed E-state index contributed by atoms with van der Waals surface area (Å²) in [6, 6.07) is 7.80. The van der Waals surface area contributed by atoms with E-state index < -0.39 is 17.7 Å². The van der Waals surface area contributed by atoms with Gasteiger partial charge in [-0.25, -0.2) is 8.78 Å². The van der Waals surface area contributed by atoms with Gasteiger partial charge in [-0.1, -0.05) is 29.3 Å². The lowest BCUT2D eigenvalue weighted by Crippen LogP contribution is -2.30. The van der Waals surface area contributed by atoms with Gasteiger partial charge in [0.2, 0.25) is 0 Å². The van der Waals surface area contributed by atoms with Crippen molar-refractivity contribution < 1.29 is 8.78 Å². The van der Waals surface area contributed by atoms with Crippen molar-refractivity contribution >= 4 is 23.2 Å². The molecule has 0 heterocycles. The Labute approximate surface area is 125 Å². The zero-order valence-corrected chi connectivity index (χ0v) is 11.8. The van der Waals surface area contributed by atoms with E-state index >= 15 is 0 Å². The second kappa shape index (κ2) is 6.50. The third kappa shape index (κ3) is 3.46. The lowest BCUT2D eigenvalue weighted by Gasteiger charge is -2.18. The average molecular weight is 317 g/mol. The molecule has 106 valence electrons. The molecule has 0 aliphatic carbocycles. The summed E-state index contributed by atoms with van der Waals surface area (Å²) in [7, 11) is 0. The van der Waals surface area contributed by atoms with Crippen molar-refractivity contribution in [3.05, 3.63) is 69.2 Å². The summed E-state index contributed by atoms with van der Waals surface area (Å²) in [5.41, 5.74) is 3.40. The molecule has 0 aliphatic rings. The molecular weight excluding hydrogens is 305 g/mol. The summed E-state index contributed by atoms with van der Waals surface area (Å²) < 4.78 is 27.1. The van der Waals surface area contributed by atoms with Gasteiger partial charge in [0.15, 0.2) is 0 Å². The van der Waals surface area contributed by atoms with Crippen molar-refractivity contribution in [2.24, 2.45) is 5.84 Å². The van der Waals surface area contributed by atoms with E-state index in [9.17, 15) is 8.78 Å². The molecule has 0 saturated heterocycles. The van der Waals surface area contributed by atoms with Gasteiger partial charge in [0.25, 0.3) is 0 Å². The van der Waals surface area contributed by atoms with Crippen LogP contribution >= 0.6 is 23.2 Å². The van der Waals surface area contributed by atoms with Gasteiger partial charge >= 0.3 is 0 Å². The van der Waals surface area contributed by atoms with Gasteiger partial charge in [0, 0.05) is 15.6 Å². The lowest BCUT2D eigenvalue weighted by molar-refractivity contribution is 0.509. The monoisotopic (exact) mass is 316 g/mol. The maximum Gasteiger partial charge on any atom is 0.129 e. The number of hydrogen-bond acceptors (Lipinski definition) is 2. The summed E-state index contributed by atoms with van der Waals surface area (Å²) >= 11 is 11.7. The van der Waals surface area contributed by atoms with Crippen LogP contribution in [0, 0.1) is 11.6 Å². The molecule has 0 fully saturated rings. The second-order valence-corrected chi connectivity index (χ2v) is 5.17. The minimum Gasteiger partial charge on any atom is -0.271 e. The van der Waals surface area contributed by atoms with Gasteiger partial charge in [0.1, 0.15) is 11.6 Å². The molecule has 20 heavy (non-hydrogen) atoms. The summed E-state index contributed by atoms with van der Waals surface area (Å²) in [4.78, 5) is 0. The normalized spacial score (nSPS) is 12.4. The molecule has 0 bridgehead atoms.